The van der Waals surface area contributed by atoms with Gasteiger partial charge in [0.2, 0.25) is 11.8 Å². The van der Waals surface area contributed by atoms with E-state index in [1.54, 1.807) is 12.1 Å². The van der Waals surface area contributed by atoms with Crippen LogP contribution in [0.4, 0.5) is 13.2 Å². The Bertz CT molecular complexity index is 1120. The zero-order valence-corrected chi connectivity index (χ0v) is 22.7. The highest BCUT2D eigenvalue weighted by molar-refractivity contribution is 6.74. The molecule has 7 nitrogen and oxygen atoms in total. The zero-order valence-electron chi connectivity index (χ0n) is 21.7. The van der Waals surface area contributed by atoms with Gasteiger partial charge < -0.3 is 9.16 Å². The Morgan fingerprint density at radius 1 is 1.23 bits per heavy atom. The summed E-state index contributed by atoms with van der Waals surface area (Å²) in [5, 5.41) is 9.83. The van der Waals surface area contributed by atoms with Crippen LogP contribution in [0.5, 0.6) is 5.88 Å². The first-order chi connectivity index (χ1) is 16.0. The fourth-order valence-corrected chi connectivity index (χ4v) is 4.82. The van der Waals surface area contributed by atoms with Gasteiger partial charge in [-0.3, -0.25) is 4.79 Å². The number of nitrogens with zero attached hydrogens (tertiary/aromatic N) is 4. The molecule has 0 spiro atoms. The van der Waals surface area contributed by atoms with Gasteiger partial charge in [0.05, 0.1) is 18.3 Å². The maximum absolute atomic E-state index is 13.4. The normalized spacial score (nSPS) is 18.7. The maximum atomic E-state index is 13.4. The van der Waals surface area contributed by atoms with E-state index in [2.05, 4.69) is 44.1 Å². The SMILES string of the molecule is COc1ccc(C2=NN(CC(C)CO[Si](C)(C)C(C)(C)C)C(=O)CC2C)c2cc(C(F)(F)F)nn12. The molecule has 0 aliphatic carbocycles. The van der Waals surface area contributed by atoms with Gasteiger partial charge in [-0.1, -0.05) is 34.6 Å². The predicted molar refractivity (Wildman–Crippen MR) is 131 cm³/mol. The highest BCUT2D eigenvalue weighted by Gasteiger charge is 2.38. The van der Waals surface area contributed by atoms with E-state index < -0.39 is 20.2 Å². The molecule has 0 bridgehead atoms. The third-order valence-corrected chi connectivity index (χ3v) is 11.3. The van der Waals surface area contributed by atoms with Gasteiger partial charge in [-0.25, -0.2) is 5.01 Å². The lowest BCUT2D eigenvalue weighted by Crippen LogP contribution is -2.43. The fraction of sp³-hybridized carbons (Fsp3) is 0.625. The lowest BCUT2D eigenvalue weighted by atomic mass is 9.93. The molecule has 2 aromatic rings. The number of halogens is 3. The number of hydrogen-bond donors (Lipinski definition) is 0. The summed E-state index contributed by atoms with van der Waals surface area (Å²) in [6.45, 7) is 15.6. The summed E-state index contributed by atoms with van der Waals surface area (Å²) >= 11 is 0. The van der Waals surface area contributed by atoms with E-state index in [0.717, 1.165) is 10.6 Å². The molecule has 194 valence electrons. The molecule has 1 amide bonds. The molecule has 11 heteroatoms. The molecular formula is C24H35F3N4O3Si. The minimum absolute atomic E-state index is 0.0363. The van der Waals surface area contributed by atoms with E-state index in [1.165, 1.54) is 12.1 Å². The van der Waals surface area contributed by atoms with Crippen LogP contribution in [0, 0.1) is 11.8 Å². The average Bonchev–Trinajstić information content (AvgIpc) is 3.19. The first-order valence-corrected chi connectivity index (χ1v) is 14.6. The highest BCUT2D eigenvalue weighted by atomic mass is 28.4. The number of pyridine rings is 1. The summed E-state index contributed by atoms with van der Waals surface area (Å²) in [7, 11) is -0.560. The van der Waals surface area contributed by atoms with Crippen LogP contribution in [0.3, 0.4) is 0 Å². The van der Waals surface area contributed by atoms with Crippen LogP contribution in [0.1, 0.15) is 52.3 Å². The van der Waals surface area contributed by atoms with Crippen molar-refractivity contribution in [3.8, 4) is 5.88 Å². The molecule has 3 heterocycles. The van der Waals surface area contributed by atoms with Gasteiger partial charge in [0, 0.05) is 37.1 Å². The van der Waals surface area contributed by atoms with Gasteiger partial charge in [-0.2, -0.15) is 27.9 Å². The molecule has 1 aliphatic heterocycles. The summed E-state index contributed by atoms with van der Waals surface area (Å²) in [5.41, 5.74) is 0.245. The van der Waals surface area contributed by atoms with Crippen molar-refractivity contribution < 1.29 is 27.1 Å². The summed E-state index contributed by atoms with van der Waals surface area (Å²) in [6.07, 6.45) is -4.39. The van der Waals surface area contributed by atoms with Crippen molar-refractivity contribution in [2.45, 2.75) is 65.3 Å². The molecule has 0 fully saturated rings. The monoisotopic (exact) mass is 512 g/mol. The maximum Gasteiger partial charge on any atom is 0.435 e. The molecule has 1 aliphatic rings. The van der Waals surface area contributed by atoms with Crippen LogP contribution < -0.4 is 4.74 Å². The first kappa shape index (κ1) is 27.2. The van der Waals surface area contributed by atoms with Gasteiger partial charge >= 0.3 is 6.18 Å². The van der Waals surface area contributed by atoms with E-state index in [0.29, 0.717) is 24.4 Å². The molecule has 3 rings (SSSR count). The number of aromatic nitrogens is 2. The number of hydrazone groups is 1. The molecule has 0 saturated heterocycles. The Morgan fingerprint density at radius 3 is 2.46 bits per heavy atom. The number of ether oxygens (including phenoxy) is 1. The molecule has 2 unspecified atom stereocenters. The number of carbonyl (C=O) groups excluding carboxylic acids is 1. The van der Waals surface area contributed by atoms with Crippen molar-refractivity contribution in [3.05, 3.63) is 29.5 Å². The molecule has 35 heavy (non-hydrogen) atoms. The third-order valence-electron chi connectivity index (χ3n) is 6.85. The minimum atomic E-state index is -4.60. The molecule has 0 radical (unpaired) electrons. The second-order valence-electron chi connectivity index (χ2n) is 10.9. The number of fused-ring (bicyclic) bond motifs is 1. The van der Waals surface area contributed by atoms with E-state index in [4.69, 9.17) is 9.16 Å². The van der Waals surface area contributed by atoms with Crippen LogP contribution in [-0.4, -0.2) is 54.8 Å². The van der Waals surface area contributed by atoms with Gasteiger partial charge in [0.25, 0.3) is 0 Å². The van der Waals surface area contributed by atoms with E-state index >= 15 is 0 Å². The Morgan fingerprint density at radius 2 is 1.89 bits per heavy atom. The Hall–Kier alpha value is -2.40. The molecule has 2 aromatic heterocycles. The fourth-order valence-electron chi connectivity index (χ4n) is 3.69. The highest BCUT2D eigenvalue weighted by Crippen LogP contribution is 2.37. The standard InChI is InChI=1S/C24H35F3N4O3Si/c1-15(14-34-35(7,8)23(3,4)5)13-30-20(32)11-16(2)22(29-30)17-9-10-21(33-6)31-18(17)12-19(28-31)24(25,26)27/h9-10,12,15-16H,11,13-14H2,1-8H3. The van der Waals surface area contributed by atoms with Crippen LogP contribution >= 0.6 is 0 Å². The van der Waals surface area contributed by atoms with Gasteiger partial charge in [-0.15, -0.1) is 0 Å². The van der Waals surface area contributed by atoms with Crippen LogP contribution in [0.25, 0.3) is 5.52 Å². The lowest BCUT2D eigenvalue weighted by molar-refractivity contribution is -0.141. The van der Waals surface area contributed by atoms with Gasteiger partial charge in [-0.05, 0) is 36.2 Å². The third kappa shape index (κ3) is 5.71. The summed E-state index contributed by atoms with van der Waals surface area (Å²) in [4.78, 5) is 12.8. The second-order valence-corrected chi connectivity index (χ2v) is 15.7. The number of amides is 1. The zero-order chi connectivity index (χ0) is 26.3. The summed E-state index contributed by atoms with van der Waals surface area (Å²) in [5.74, 6) is -0.171. The van der Waals surface area contributed by atoms with Crippen LogP contribution in [0.2, 0.25) is 18.1 Å². The number of alkyl halides is 3. The van der Waals surface area contributed by atoms with Crippen LogP contribution in [0.15, 0.2) is 23.3 Å². The molecule has 0 aromatic carbocycles. The largest absolute Gasteiger partial charge is 0.481 e. The van der Waals surface area contributed by atoms with E-state index in [1.807, 2.05) is 13.8 Å². The second kappa shape index (κ2) is 9.57. The van der Waals surface area contributed by atoms with Gasteiger partial charge in [0.1, 0.15) is 0 Å². The summed E-state index contributed by atoms with van der Waals surface area (Å²) < 4.78 is 52.8. The van der Waals surface area contributed by atoms with E-state index in [-0.39, 0.29) is 40.6 Å². The molecule has 2 atom stereocenters. The van der Waals surface area contributed by atoms with Crippen molar-refractivity contribution in [3.63, 3.8) is 0 Å². The van der Waals surface area contributed by atoms with Crippen molar-refractivity contribution in [1.29, 1.82) is 0 Å². The Labute approximate surface area is 205 Å². The number of methoxy groups -OCH3 is 1. The Balaban J connectivity index is 1.92. The topological polar surface area (TPSA) is 68.4 Å². The smallest absolute Gasteiger partial charge is 0.435 e. The number of rotatable bonds is 7. The molecular weight excluding hydrogens is 477 g/mol. The van der Waals surface area contributed by atoms with Crippen molar-refractivity contribution in [2.24, 2.45) is 16.9 Å². The predicted octanol–water partition coefficient (Wildman–Crippen LogP) is 5.59. The summed E-state index contributed by atoms with van der Waals surface area (Å²) in [6, 6.07) is 4.22. The Kier molecular flexibility index (Phi) is 7.43. The van der Waals surface area contributed by atoms with Crippen molar-refractivity contribution in [2.75, 3.05) is 20.3 Å². The number of hydrogen-bond acceptors (Lipinski definition) is 5. The molecule has 0 saturated carbocycles. The number of carbonyl (C=O) groups is 1. The first-order valence-electron chi connectivity index (χ1n) is 11.7. The van der Waals surface area contributed by atoms with E-state index in [9.17, 15) is 18.0 Å². The van der Waals surface area contributed by atoms with Crippen LogP contribution in [-0.2, 0) is 15.4 Å². The lowest BCUT2D eigenvalue weighted by Gasteiger charge is -2.37. The van der Waals surface area contributed by atoms with Gasteiger partial charge in [0.15, 0.2) is 14.0 Å². The molecule has 0 N–H and O–H groups in total. The quantitative estimate of drug-likeness (QED) is 0.454. The minimum Gasteiger partial charge on any atom is -0.481 e. The average molecular weight is 513 g/mol. The van der Waals surface area contributed by atoms with Crippen molar-refractivity contribution >= 4 is 25.5 Å². The van der Waals surface area contributed by atoms with Crippen molar-refractivity contribution in [1.82, 2.24) is 14.6 Å².